The zero-order chi connectivity index (χ0) is 23.8. The fourth-order valence-corrected chi connectivity index (χ4v) is 3.75. The van der Waals surface area contributed by atoms with Crippen LogP contribution in [0.5, 0.6) is 11.5 Å². The maximum atomic E-state index is 12.4. The van der Waals surface area contributed by atoms with Crippen molar-refractivity contribution in [3.8, 4) is 11.5 Å². The van der Waals surface area contributed by atoms with Crippen molar-refractivity contribution >= 4 is 23.9 Å². The molecule has 3 rings (SSSR count). The Hall–Kier alpha value is -3.53. The minimum Gasteiger partial charge on any atom is -0.493 e. The molecule has 2 aromatic carbocycles. The molecule has 172 valence electrons. The maximum absolute atomic E-state index is 12.4. The summed E-state index contributed by atoms with van der Waals surface area (Å²) in [6.07, 6.45) is 1.38. The summed E-state index contributed by atoms with van der Waals surface area (Å²) < 4.78 is 34.2. The van der Waals surface area contributed by atoms with Crippen LogP contribution in [0.15, 0.2) is 58.8 Å². The van der Waals surface area contributed by atoms with E-state index in [0.29, 0.717) is 22.0 Å². The second kappa shape index (κ2) is 11.4. The first kappa shape index (κ1) is 24.1. The van der Waals surface area contributed by atoms with Crippen LogP contribution in [0.4, 0.5) is 8.78 Å². The summed E-state index contributed by atoms with van der Waals surface area (Å²) >= 11 is 1.53. The number of benzene rings is 2. The Balaban J connectivity index is 1.55. The fourth-order valence-electron chi connectivity index (χ4n) is 2.85. The Kier molecular flexibility index (Phi) is 8.31. The topological polar surface area (TPSA) is 85.7 Å². The van der Waals surface area contributed by atoms with Gasteiger partial charge >= 0.3 is 6.61 Å². The first-order valence-corrected chi connectivity index (χ1v) is 10.8. The average molecular weight is 473 g/mol. The lowest BCUT2D eigenvalue weighted by Gasteiger charge is -2.10. The van der Waals surface area contributed by atoms with Crippen LogP contribution in [-0.4, -0.2) is 35.8 Å². The summed E-state index contributed by atoms with van der Waals surface area (Å²) in [6, 6.07) is 13.4. The molecule has 1 N–H and O–H groups in total. The molecule has 0 atom stereocenters. The summed E-state index contributed by atoms with van der Waals surface area (Å²) in [4.78, 5) is 21.1. The molecule has 1 aromatic heterocycles. The summed E-state index contributed by atoms with van der Waals surface area (Å²) in [5.74, 6) is 0.338. The summed E-state index contributed by atoms with van der Waals surface area (Å²) in [7, 11) is 1.34. The van der Waals surface area contributed by atoms with Gasteiger partial charge in [-0.25, -0.2) is 15.4 Å². The summed E-state index contributed by atoms with van der Waals surface area (Å²) in [5.41, 5.74) is 6.30. The van der Waals surface area contributed by atoms with E-state index in [1.54, 1.807) is 12.1 Å². The lowest BCUT2D eigenvalue weighted by atomic mass is 10.1. The normalized spacial score (nSPS) is 11.1. The summed E-state index contributed by atoms with van der Waals surface area (Å²) in [6.45, 7) is 0.909. The largest absolute Gasteiger partial charge is 0.493 e. The highest BCUT2D eigenvalue weighted by Crippen LogP contribution is 2.29. The maximum Gasteiger partial charge on any atom is 0.387 e. The van der Waals surface area contributed by atoms with Gasteiger partial charge < -0.3 is 9.47 Å². The van der Waals surface area contributed by atoms with Crippen molar-refractivity contribution in [2.24, 2.45) is 5.10 Å². The van der Waals surface area contributed by atoms with Crippen LogP contribution >= 0.6 is 11.8 Å². The van der Waals surface area contributed by atoms with Crippen molar-refractivity contribution in [2.75, 3.05) is 7.11 Å². The second-order valence-electron chi connectivity index (χ2n) is 6.91. The Morgan fingerprint density at radius 3 is 2.42 bits per heavy atom. The Morgan fingerprint density at radius 2 is 1.79 bits per heavy atom. The Bertz CT molecular complexity index is 1120. The number of hydrazone groups is 1. The van der Waals surface area contributed by atoms with Gasteiger partial charge in [-0.15, -0.1) is 0 Å². The van der Waals surface area contributed by atoms with Gasteiger partial charge in [0.05, 0.1) is 13.3 Å². The molecule has 0 bridgehead atoms. The zero-order valence-electron chi connectivity index (χ0n) is 18.2. The molecule has 10 heteroatoms. The number of rotatable bonds is 9. The highest BCUT2D eigenvalue weighted by atomic mass is 32.2. The van der Waals surface area contributed by atoms with Crippen molar-refractivity contribution in [3.05, 3.63) is 76.6 Å². The minimum atomic E-state index is -2.96. The molecule has 0 fully saturated rings. The van der Waals surface area contributed by atoms with Gasteiger partial charge in [0.1, 0.15) is 0 Å². The van der Waals surface area contributed by atoms with Crippen molar-refractivity contribution in [2.45, 2.75) is 31.4 Å². The first-order valence-electron chi connectivity index (χ1n) is 9.84. The monoisotopic (exact) mass is 472 g/mol. The van der Waals surface area contributed by atoms with E-state index in [2.05, 4.69) is 25.2 Å². The molecule has 0 aliphatic rings. The molecule has 0 aliphatic carbocycles. The lowest BCUT2D eigenvalue weighted by molar-refractivity contribution is -0.0512. The molecule has 3 aromatic rings. The van der Waals surface area contributed by atoms with E-state index in [4.69, 9.17) is 4.74 Å². The van der Waals surface area contributed by atoms with Gasteiger partial charge in [-0.2, -0.15) is 13.9 Å². The Morgan fingerprint density at radius 1 is 1.09 bits per heavy atom. The molecule has 0 unspecified atom stereocenters. The number of nitrogens with one attached hydrogen (secondary N) is 1. The number of carbonyl (C=O) groups excluding carboxylic acids is 1. The van der Waals surface area contributed by atoms with Crippen LogP contribution in [0, 0.1) is 13.8 Å². The van der Waals surface area contributed by atoms with E-state index >= 15 is 0 Å². The number of nitrogens with zero attached hydrogens (tertiary/aromatic N) is 3. The molecule has 0 aliphatic heterocycles. The van der Waals surface area contributed by atoms with Crippen molar-refractivity contribution in [1.82, 2.24) is 15.4 Å². The zero-order valence-corrected chi connectivity index (χ0v) is 19.0. The third-order valence-electron chi connectivity index (χ3n) is 4.33. The molecule has 1 heterocycles. The van der Waals surface area contributed by atoms with Gasteiger partial charge in [0.2, 0.25) is 0 Å². The smallest absolute Gasteiger partial charge is 0.387 e. The number of ether oxygens (including phenoxy) is 2. The van der Waals surface area contributed by atoms with E-state index in [9.17, 15) is 13.6 Å². The molecule has 0 saturated carbocycles. The van der Waals surface area contributed by atoms with Gasteiger partial charge in [-0.1, -0.05) is 23.9 Å². The molecule has 1 amide bonds. The van der Waals surface area contributed by atoms with Gasteiger partial charge in [-0.05, 0) is 61.4 Å². The number of hydrogen-bond acceptors (Lipinski definition) is 7. The predicted octanol–water partition coefficient (Wildman–Crippen LogP) is 4.76. The number of alkyl halides is 2. The number of hydrogen-bond donors (Lipinski definition) is 1. The highest BCUT2D eigenvalue weighted by molar-refractivity contribution is 7.98. The van der Waals surface area contributed by atoms with E-state index in [0.717, 1.165) is 17.0 Å². The number of methoxy groups -OCH3 is 1. The van der Waals surface area contributed by atoms with Gasteiger partial charge in [-0.3, -0.25) is 4.79 Å². The minimum absolute atomic E-state index is 0.0870. The Labute approximate surface area is 194 Å². The van der Waals surface area contributed by atoms with E-state index in [1.807, 2.05) is 32.0 Å². The SMILES string of the molecule is COc1cc(/C=N/NC(=O)c2ccc(CSc3nc(C)cc(C)n3)cc2)ccc1OC(F)F. The first-order chi connectivity index (χ1) is 15.8. The number of amides is 1. The molecular weight excluding hydrogens is 450 g/mol. The highest BCUT2D eigenvalue weighted by Gasteiger charge is 2.11. The van der Waals surface area contributed by atoms with Gasteiger partial charge in [0, 0.05) is 22.7 Å². The number of halogens is 2. The molecule has 7 nitrogen and oxygen atoms in total. The lowest BCUT2D eigenvalue weighted by Crippen LogP contribution is -2.17. The van der Waals surface area contributed by atoms with Crippen molar-refractivity contribution < 1.29 is 23.0 Å². The molecular formula is C23H22F2N4O3S. The molecule has 33 heavy (non-hydrogen) atoms. The van der Waals surface area contributed by atoms with Crippen LogP contribution in [0.1, 0.15) is 32.9 Å². The van der Waals surface area contributed by atoms with Crippen LogP contribution in [0.25, 0.3) is 0 Å². The third-order valence-corrected chi connectivity index (χ3v) is 5.25. The van der Waals surface area contributed by atoms with Crippen molar-refractivity contribution in [3.63, 3.8) is 0 Å². The third kappa shape index (κ3) is 7.25. The molecule has 0 radical (unpaired) electrons. The van der Waals surface area contributed by atoms with Crippen molar-refractivity contribution in [1.29, 1.82) is 0 Å². The summed E-state index contributed by atoms with van der Waals surface area (Å²) in [5, 5.41) is 4.63. The number of aromatic nitrogens is 2. The van der Waals surface area contributed by atoms with Gasteiger partial charge in [0.15, 0.2) is 16.7 Å². The number of aryl methyl sites for hydroxylation is 2. The van der Waals surface area contributed by atoms with Crippen LogP contribution < -0.4 is 14.9 Å². The fraction of sp³-hybridized carbons (Fsp3) is 0.217. The number of carbonyl (C=O) groups is 1. The second-order valence-corrected chi connectivity index (χ2v) is 7.85. The van der Waals surface area contributed by atoms with Gasteiger partial charge in [0.25, 0.3) is 5.91 Å². The predicted molar refractivity (Wildman–Crippen MR) is 122 cm³/mol. The van der Waals surface area contributed by atoms with E-state index < -0.39 is 6.61 Å². The average Bonchev–Trinajstić information content (AvgIpc) is 2.78. The van der Waals surface area contributed by atoms with Crippen LogP contribution in [0.3, 0.4) is 0 Å². The molecule has 0 saturated heterocycles. The van der Waals surface area contributed by atoms with E-state index in [1.165, 1.54) is 43.3 Å². The number of thioether (sulfide) groups is 1. The molecule has 0 spiro atoms. The van der Waals surface area contributed by atoms with Crippen LogP contribution in [-0.2, 0) is 5.75 Å². The standard InChI is InChI=1S/C23H22F2N4O3S/c1-14-10-15(2)28-23(27-14)33-13-16-4-7-18(8-5-16)21(30)29-26-12-17-6-9-19(32-22(24)25)20(11-17)31-3/h4-12,22H,13H2,1-3H3,(H,29,30)/b26-12+. The quantitative estimate of drug-likeness (QED) is 0.209. The van der Waals surface area contributed by atoms with Crippen LogP contribution in [0.2, 0.25) is 0 Å². The van der Waals surface area contributed by atoms with E-state index in [-0.39, 0.29) is 17.4 Å².